The monoisotopic (exact) mass is 213 g/mol. The summed E-state index contributed by atoms with van der Waals surface area (Å²) < 4.78 is 0. The largest absolute Gasteiger partial charge is 0.372 e. The van der Waals surface area contributed by atoms with Crippen molar-refractivity contribution in [1.29, 1.82) is 0 Å². The van der Waals surface area contributed by atoms with Crippen molar-refractivity contribution in [3.63, 3.8) is 0 Å². The minimum absolute atomic E-state index is 0. The van der Waals surface area contributed by atoms with Crippen LogP contribution in [0.2, 0.25) is 0 Å². The third kappa shape index (κ3) is 2.31. The third-order valence-corrected chi connectivity index (χ3v) is 2.54. The molecule has 0 aromatic heterocycles. The Kier molecular flexibility index (Phi) is 4.67. The van der Waals surface area contributed by atoms with Gasteiger partial charge >= 0.3 is 0 Å². The summed E-state index contributed by atoms with van der Waals surface area (Å²) >= 11 is 0. The van der Waals surface area contributed by atoms with Crippen molar-refractivity contribution in [2.24, 2.45) is 5.41 Å². The fourth-order valence-electron chi connectivity index (χ4n) is 1.72. The first kappa shape index (κ1) is 11.1. The first-order chi connectivity index (χ1) is 4.17. The number of hydrogen-bond acceptors (Lipinski definition) is 0. The molecule has 0 amide bonds. The van der Waals surface area contributed by atoms with Crippen molar-refractivity contribution >= 4 is 0 Å². The summed E-state index contributed by atoms with van der Waals surface area (Å²) in [5.41, 5.74) is 0.516. The van der Waals surface area contributed by atoms with Crippen LogP contribution < -0.4 is 0 Å². The van der Waals surface area contributed by atoms with Crippen LogP contribution in [-0.4, -0.2) is 0 Å². The summed E-state index contributed by atoms with van der Waals surface area (Å²) in [6.07, 6.45) is 5.14. The summed E-state index contributed by atoms with van der Waals surface area (Å²) in [5, 5.41) is 0. The van der Waals surface area contributed by atoms with E-state index in [2.05, 4.69) is 20.8 Å². The Morgan fingerprint density at radius 3 is 2.30 bits per heavy atom. The average molecular weight is 213 g/mol. The van der Waals surface area contributed by atoms with E-state index < -0.39 is 0 Å². The molecule has 1 radical (unpaired) electrons. The Morgan fingerprint density at radius 2 is 2.10 bits per heavy atom. The van der Waals surface area contributed by atoms with Crippen LogP contribution in [0.3, 0.4) is 0 Å². The van der Waals surface area contributed by atoms with Crippen LogP contribution in [0.1, 0.15) is 39.5 Å². The molecule has 1 aliphatic carbocycles. The fourth-order valence-corrected chi connectivity index (χ4v) is 1.72. The molecule has 0 bridgehead atoms. The van der Waals surface area contributed by atoms with Gasteiger partial charge in [-0.1, -0.05) is 26.7 Å². The summed E-state index contributed by atoms with van der Waals surface area (Å²) in [4.78, 5) is 0. The molecule has 0 unspecified atom stereocenters. The second kappa shape index (κ2) is 4.21. The van der Waals surface area contributed by atoms with Gasteiger partial charge in [0.1, 0.15) is 0 Å². The SMILES string of the molecule is [CH2-]C[C-]1CCCC1(C)C.[Y]. The van der Waals surface area contributed by atoms with Crippen LogP contribution >= 0.6 is 0 Å². The minimum Gasteiger partial charge on any atom is -0.372 e. The third-order valence-electron chi connectivity index (χ3n) is 2.54. The smallest absolute Gasteiger partial charge is 0 e. The Bertz CT molecular complexity index is 96.9. The first-order valence-electron chi connectivity index (χ1n) is 3.81. The topological polar surface area (TPSA) is 0 Å². The maximum absolute atomic E-state index is 3.93. The molecule has 57 valence electrons. The van der Waals surface area contributed by atoms with E-state index in [9.17, 15) is 0 Å². The molecule has 0 heterocycles. The maximum Gasteiger partial charge on any atom is 0 e. The van der Waals surface area contributed by atoms with Gasteiger partial charge in [-0.05, 0) is 0 Å². The quantitative estimate of drug-likeness (QED) is 0.587. The first-order valence-corrected chi connectivity index (χ1v) is 3.81. The van der Waals surface area contributed by atoms with E-state index >= 15 is 0 Å². The second-order valence-electron chi connectivity index (χ2n) is 3.59. The van der Waals surface area contributed by atoms with Gasteiger partial charge in [-0.15, -0.1) is 0 Å². The molecule has 0 aromatic rings. The Balaban J connectivity index is 0.000000810. The number of rotatable bonds is 1. The minimum atomic E-state index is 0. The molecule has 0 aromatic carbocycles. The molecule has 0 aliphatic heterocycles. The van der Waals surface area contributed by atoms with E-state index in [1.807, 2.05) is 0 Å². The van der Waals surface area contributed by atoms with Gasteiger partial charge in [0.2, 0.25) is 0 Å². The molecule has 0 nitrogen and oxygen atoms in total. The van der Waals surface area contributed by atoms with Gasteiger partial charge in [0, 0.05) is 32.7 Å². The molecular weight excluding hydrogens is 197 g/mol. The van der Waals surface area contributed by atoms with E-state index in [1.165, 1.54) is 19.3 Å². The van der Waals surface area contributed by atoms with Gasteiger partial charge in [0.25, 0.3) is 0 Å². The van der Waals surface area contributed by atoms with Gasteiger partial charge in [0.15, 0.2) is 0 Å². The van der Waals surface area contributed by atoms with Crippen molar-refractivity contribution < 1.29 is 32.7 Å². The zero-order chi connectivity index (χ0) is 6.91. The second-order valence-corrected chi connectivity index (χ2v) is 3.59. The van der Waals surface area contributed by atoms with E-state index in [0.717, 1.165) is 6.42 Å². The molecule has 0 N–H and O–H groups in total. The molecule has 1 heteroatoms. The van der Waals surface area contributed by atoms with E-state index in [0.29, 0.717) is 5.41 Å². The Labute approximate surface area is 90.0 Å². The summed E-state index contributed by atoms with van der Waals surface area (Å²) in [6.45, 7) is 8.59. The van der Waals surface area contributed by atoms with E-state index in [4.69, 9.17) is 0 Å². The molecular formula is C9H16Y-2. The van der Waals surface area contributed by atoms with Crippen LogP contribution in [0.4, 0.5) is 0 Å². The molecule has 0 atom stereocenters. The van der Waals surface area contributed by atoms with Crippen molar-refractivity contribution in [1.82, 2.24) is 0 Å². The van der Waals surface area contributed by atoms with Gasteiger partial charge in [-0.3, -0.25) is 0 Å². The van der Waals surface area contributed by atoms with E-state index in [-0.39, 0.29) is 32.7 Å². The van der Waals surface area contributed by atoms with E-state index in [1.54, 1.807) is 5.92 Å². The molecule has 1 aliphatic rings. The molecule has 1 rings (SSSR count). The zero-order valence-corrected chi connectivity index (χ0v) is 9.95. The average Bonchev–Trinajstić information content (AvgIpc) is 2.08. The molecule has 0 saturated heterocycles. The van der Waals surface area contributed by atoms with Gasteiger partial charge in [-0.25, -0.2) is 0 Å². The van der Waals surface area contributed by atoms with Crippen LogP contribution in [0.25, 0.3) is 0 Å². The van der Waals surface area contributed by atoms with Crippen molar-refractivity contribution in [3.05, 3.63) is 12.8 Å². The van der Waals surface area contributed by atoms with Crippen LogP contribution in [-0.2, 0) is 32.7 Å². The van der Waals surface area contributed by atoms with Gasteiger partial charge < -0.3 is 19.3 Å². The predicted octanol–water partition coefficient (Wildman–Crippen LogP) is 2.99. The van der Waals surface area contributed by atoms with Crippen molar-refractivity contribution in [2.75, 3.05) is 0 Å². The molecule has 1 fully saturated rings. The number of hydrogen-bond donors (Lipinski definition) is 0. The zero-order valence-electron chi connectivity index (χ0n) is 7.11. The van der Waals surface area contributed by atoms with Crippen LogP contribution in [0, 0.1) is 18.3 Å². The Hall–Kier alpha value is 1.10. The van der Waals surface area contributed by atoms with Crippen LogP contribution in [0.15, 0.2) is 0 Å². The summed E-state index contributed by atoms with van der Waals surface area (Å²) in [5.74, 6) is 1.67. The molecule has 0 spiro atoms. The molecule has 10 heavy (non-hydrogen) atoms. The maximum atomic E-state index is 3.93. The summed E-state index contributed by atoms with van der Waals surface area (Å²) in [7, 11) is 0. The summed E-state index contributed by atoms with van der Waals surface area (Å²) in [6, 6.07) is 0. The van der Waals surface area contributed by atoms with Crippen LogP contribution in [0.5, 0.6) is 0 Å². The van der Waals surface area contributed by atoms with Gasteiger partial charge in [-0.2, -0.15) is 11.8 Å². The molecule has 1 saturated carbocycles. The predicted molar refractivity (Wildman–Crippen MR) is 40.8 cm³/mol. The Morgan fingerprint density at radius 1 is 1.50 bits per heavy atom. The fraction of sp³-hybridized carbons (Fsp3) is 0.778. The van der Waals surface area contributed by atoms with Crippen molar-refractivity contribution in [3.8, 4) is 0 Å². The standard InChI is InChI=1S/C9H16.Y/c1-4-8-6-5-7-9(8,2)3;/h1,4-7H2,2-3H3;/q-2;. The normalized spacial score (nSPS) is 24.3. The van der Waals surface area contributed by atoms with Crippen molar-refractivity contribution in [2.45, 2.75) is 39.5 Å². The van der Waals surface area contributed by atoms with Gasteiger partial charge in [0.05, 0.1) is 0 Å².